The number of ether oxygens (including phenoxy) is 1. The van der Waals surface area contributed by atoms with E-state index >= 15 is 0 Å². The third-order valence-corrected chi connectivity index (χ3v) is 4.30. The number of nitrogens with one attached hydrogen (secondary N) is 1. The number of hydrogen-bond acceptors (Lipinski definition) is 3. The van der Waals surface area contributed by atoms with Crippen molar-refractivity contribution in [2.75, 3.05) is 19.8 Å². The van der Waals surface area contributed by atoms with E-state index in [1.165, 1.54) is 15.6 Å². The SMILES string of the molecule is CCNC(CCCOCC)c1cccc2ccsc12. The smallest absolute Gasteiger partial charge is 0.0466 e. The van der Waals surface area contributed by atoms with Gasteiger partial charge in [-0.1, -0.05) is 25.1 Å². The molecule has 2 aromatic rings. The zero-order chi connectivity index (χ0) is 13.5. The van der Waals surface area contributed by atoms with Crippen molar-refractivity contribution >= 4 is 21.4 Å². The minimum atomic E-state index is 0.438. The largest absolute Gasteiger partial charge is 0.382 e. The van der Waals surface area contributed by atoms with E-state index in [-0.39, 0.29) is 0 Å². The molecule has 1 heterocycles. The molecule has 1 unspecified atom stereocenters. The first-order valence-electron chi connectivity index (χ1n) is 7.14. The van der Waals surface area contributed by atoms with Crippen LogP contribution in [-0.4, -0.2) is 19.8 Å². The van der Waals surface area contributed by atoms with Gasteiger partial charge >= 0.3 is 0 Å². The molecule has 104 valence electrons. The zero-order valence-electron chi connectivity index (χ0n) is 11.8. The maximum absolute atomic E-state index is 5.45. The van der Waals surface area contributed by atoms with Gasteiger partial charge in [0, 0.05) is 24.0 Å². The van der Waals surface area contributed by atoms with Crippen LogP contribution < -0.4 is 5.32 Å². The van der Waals surface area contributed by atoms with Crippen LogP contribution in [0.4, 0.5) is 0 Å². The summed E-state index contributed by atoms with van der Waals surface area (Å²) in [6, 6.07) is 9.25. The normalized spacial score (nSPS) is 12.9. The van der Waals surface area contributed by atoms with Gasteiger partial charge in [-0.15, -0.1) is 11.3 Å². The van der Waals surface area contributed by atoms with Gasteiger partial charge in [0.1, 0.15) is 0 Å². The lowest BCUT2D eigenvalue weighted by Crippen LogP contribution is -2.21. The number of hydrogen-bond donors (Lipinski definition) is 1. The summed E-state index contributed by atoms with van der Waals surface area (Å²) in [5.41, 5.74) is 1.44. The number of rotatable bonds is 8. The molecule has 0 saturated heterocycles. The van der Waals surface area contributed by atoms with E-state index in [1.807, 2.05) is 18.3 Å². The van der Waals surface area contributed by atoms with Gasteiger partial charge in [-0.3, -0.25) is 0 Å². The molecule has 0 spiro atoms. The topological polar surface area (TPSA) is 21.3 Å². The summed E-state index contributed by atoms with van der Waals surface area (Å²) >= 11 is 1.84. The van der Waals surface area contributed by atoms with Gasteiger partial charge in [-0.05, 0) is 48.7 Å². The zero-order valence-corrected chi connectivity index (χ0v) is 12.6. The van der Waals surface area contributed by atoms with Crippen LogP contribution in [0.5, 0.6) is 0 Å². The third kappa shape index (κ3) is 3.78. The Kier molecular flexibility index (Phi) is 5.83. The van der Waals surface area contributed by atoms with E-state index in [2.05, 4.69) is 41.9 Å². The molecule has 1 aromatic carbocycles. The fourth-order valence-corrected chi connectivity index (χ4v) is 3.41. The Bertz CT molecular complexity index is 494. The monoisotopic (exact) mass is 277 g/mol. The highest BCUT2D eigenvalue weighted by Gasteiger charge is 2.13. The van der Waals surface area contributed by atoms with Gasteiger partial charge in [-0.25, -0.2) is 0 Å². The van der Waals surface area contributed by atoms with Crippen LogP contribution in [0.2, 0.25) is 0 Å². The van der Waals surface area contributed by atoms with Crippen molar-refractivity contribution in [2.24, 2.45) is 0 Å². The molecule has 3 heteroatoms. The van der Waals surface area contributed by atoms with E-state index in [0.717, 1.165) is 32.6 Å². The third-order valence-electron chi connectivity index (χ3n) is 3.32. The fraction of sp³-hybridized carbons (Fsp3) is 0.500. The number of thiophene rings is 1. The molecule has 1 aromatic heterocycles. The van der Waals surface area contributed by atoms with Crippen LogP contribution in [0.15, 0.2) is 29.6 Å². The second-order valence-corrected chi connectivity index (χ2v) is 5.55. The van der Waals surface area contributed by atoms with Gasteiger partial charge in [0.05, 0.1) is 0 Å². The van der Waals surface area contributed by atoms with Crippen LogP contribution in [0.1, 0.15) is 38.3 Å². The van der Waals surface area contributed by atoms with Gasteiger partial charge in [0.25, 0.3) is 0 Å². The highest BCUT2D eigenvalue weighted by molar-refractivity contribution is 7.17. The summed E-state index contributed by atoms with van der Waals surface area (Å²) in [4.78, 5) is 0. The van der Waals surface area contributed by atoms with Crippen LogP contribution in [0, 0.1) is 0 Å². The summed E-state index contributed by atoms with van der Waals surface area (Å²) < 4.78 is 6.87. The first-order chi connectivity index (χ1) is 9.36. The average molecular weight is 277 g/mol. The Labute approximate surface area is 119 Å². The number of benzene rings is 1. The second-order valence-electron chi connectivity index (χ2n) is 4.64. The van der Waals surface area contributed by atoms with E-state index in [4.69, 9.17) is 4.74 Å². The Morgan fingerprint density at radius 3 is 2.95 bits per heavy atom. The molecule has 0 amide bonds. The summed E-state index contributed by atoms with van der Waals surface area (Å²) in [7, 11) is 0. The van der Waals surface area contributed by atoms with Crippen molar-refractivity contribution < 1.29 is 4.74 Å². The summed E-state index contributed by atoms with van der Waals surface area (Å²) in [6.07, 6.45) is 2.23. The first kappa shape index (κ1) is 14.5. The van der Waals surface area contributed by atoms with E-state index in [1.54, 1.807) is 0 Å². The molecule has 0 fully saturated rings. The summed E-state index contributed by atoms with van der Waals surface area (Å²) in [5.74, 6) is 0. The van der Waals surface area contributed by atoms with Gasteiger partial charge in [0.2, 0.25) is 0 Å². The van der Waals surface area contributed by atoms with Crippen LogP contribution in [0.25, 0.3) is 10.1 Å². The van der Waals surface area contributed by atoms with Crippen LogP contribution in [-0.2, 0) is 4.74 Å². The van der Waals surface area contributed by atoms with Gasteiger partial charge in [-0.2, -0.15) is 0 Å². The van der Waals surface area contributed by atoms with Crippen molar-refractivity contribution in [3.05, 3.63) is 35.2 Å². The first-order valence-corrected chi connectivity index (χ1v) is 8.02. The molecule has 2 nitrogen and oxygen atoms in total. The predicted octanol–water partition coefficient (Wildman–Crippen LogP) is 4.37. The van der Waals surface area contributed by atoms with Crippen molar-refractivity contribution in [3.63, 3.8) is 0 Å². The molecule has 0 bridgehead atoms. The molecule has 0 aliphatic rings. The Balaban J connectivity index is 2.11. The predicted molar refractivity (Wildman–Crippen MR) is 84.0 cm³/mol. The Morgan fingerprint density at radius 1 is 1.26 bits per heavy atom. The Morgan fingerprint density at radius 2 is 2.16 bits per heavy atom. The molecule has 2 rings (SSSR count). The van der Waals surface area contributed by atoms with Crippen molar-refractivity contribution in [2.45, 2.75) is 32.7 Å². The summed E-state index contributed by atoms with van der Waals surface area (Å²) in [5, 5.41) is 7.14. The van der Waals surface area contributed by atoms with E-state index in [0.29, 0.717) is 6.04 Å². The second kappa shape index (κ2) is 7.63. The molecule has 0 saturated carbocycles. The molecular formula is C16H23NOS. The van der Waals surface area contributed by atoms with Gasteiger partial charge < -0.3 is 10.1 Å². The number of fused-ring (bicyclic) bond motifs is 1. The maximum atomic E-state index is 5.45. The lowest BCUT2D eigenvalue weighted by Gasteiger charge is -2.19. The summed E-state index contributed by atoms with van der Waals surface area (Å²) in [6.45, 7) is 6.89. The van der Waals surface area contributed by atoms with Crippen molar-refractivity contribution in [1.82, 2.24) is 5.32 Å². The van der Waals surface area contributed by atoms with Crippen molar-refractivity contribution in [1.29, 1.82) is 0 Å². The molecule has 0 aliphatic heterocycles. The lowest BCUT2D eigenvalue weighted by atomic mass is 10.0. The lowest BCUT2D eigenvalue weighted by molar-refractivity contribution is 0.141. The molecule has 1 atom stereocenters. The molecule has 1 N–H and O–H groups in total. The Hall–Kier alpha value is -0.900. The molecule has 19 heavy (non-hydrogen) atoms. The molecule has 0 radical (unpaired) electrons. The van der Waals surface area contributed by atoms with Crippen LogP contribution in [0.3, 0.4) is 0 Å². The van der Waals surface area contributed by atoms with Crippen LogP contribution >= 0.6 is 11.3 Å². The van der Waals surface area contributed by atoms with Crippen molar-refractivity contribution in [3.8, 4) is 0 Å². The molecule has 0 aliphatic carbocycles. The highest BCUT2D eigenvalue weighted by Crippen LogP contribution is 2.30. The highest BCUT2D eigenvalue weighted by atomic mass is 32.1. The minimum absolute atomic E-state index is 0.438. The minimum Gasteiger partial charge on any atom is -0.382 e. The fourth-order valence-electron chi connectivity index (χ4n) is 2.44. The average Bonchev–Trinajstić information content (AvgIpc) is 2.90. The quantitative estimate of drug-likeness (QED) is 0.723. The van der Waals surface area contributed by atoms with E-state index in [9.17, 15) is 0 Å². The standard InChI is InChI=1S/C16H23NOS/c1-3-17-15(9-6-11-18-4-2)14-8-5-7-13-10-12-19-16(13)14/h5,7-8,10,12,15,17H,3-4,6,9,11H2,1-2H3. The maximum Gasteiger partial charge on any atom is 0.0466 e. The van der Waals surface area contributed by atoms with Gasteiger partial charge in [0.15, 0.2) is 0 Å². The van der Waals surface area contributed by atoms with E-state index < -0.39 is 0 Å². The molecular weight excluding hydrogens is 254 g/mol.